The van der Waals surface area contributed by atoms with E-state index in [9.17, 15) is 9.18 Å². The third-order valence-electron chi connectivity index (χ3n) is 5.31. The molecule has 0 N–H and O–H groups in total. The number of benzene rings is 1. The lowest BCUT2D eigenvalue weighted by atomic mass is 9.86. The summed E-state index contributed by atoms with van der Waals surface area (Å²) in [7, 11) is 0. The van der Waals surface area contributed by atoms with Gasteiger partial charge in [0.05, 0.1) is 0 Å². The zero-order chi connectivity index (χ0) is 17.9. The van der Waals surface area contributed by atoms with Gasteiger partial charge < -0.3 is 4.90 Å². The van der Waals surface area contributed by atoms with Crippen LogP contribution >= 0.6 is 0 Å². The van der Waals surface area contributed by atoms with Crippen molar-refractivity contribution in [3.05, 3.63) is 35.1 Å². The Kier molecular flexibility index (Phi) is 5.17. The first-order valence-corrected chi connectivity index (χ1v) is 8.94. The molecule has 1 fully saturated rings. The molecule has 2 aliphatic rings. The largest absolute Gasteiger partial charge is 0.343 e. The summed E-state index contributed by atoms with van der Waals surface area (Å²) in [5.41, 5.74) is 1.82. The Labute approximate surface area is 148 Å². The lowest BCUT2D eigenvalue weighted by Gasteiger charge is -2.33. The van der Waals surface area contributed by atoms with E-state index in [-0.39, 0.29) is 17.4 Å². The highest BCUT2D eigenvalue weighted by Crippen LogP contribution is 2.38. The van der Waals surface area contributed by atoms with Crippen molar-refractivity contribution in [2.45, 2.75) is 57.0 Å². The van der Waals surface area contributed by atoms with Gasteiger partial charge in [-0.25, -0.2) is 4.39 Å². The minimum absolute atomic E-state index is 0.173. The summed E-state index contributed by atoms with van der Waals surface area (Å²) in [4.78, 5) is 14.4. The number of aryl methyl sites for hydroxylation is 1. The van der Waals surface area contributed by atoms with E-state index >= 15 is 0 Å². The summed E-state index contributed by atoms with van der Waals surface area (Å²) in [5, 5.41) is 8.17. The van der Waals surface area contributed by atoms with Crippen LogP contribution < -0.4 is 0 Å². The van der Waals surface area contributed by atoms with Crippen LogP contribution in [0.1, 0.15) is 55.6 Å². The van der Waals surface area contributed by atoms with Gasteiger partial charge in [-0.1, -0.05) is 6.07 Å². The van der Waals surface area contributed by atoms with Gasteiger partial charge in [0.2, 0.25) is 5.91 Å². The smallest absolute Gasteiger partial charge is 0.222 e. The number of hydrogen-bond acceptors (Lipinski definition) is 3. The highest BCUT2D eigenvalue weighted by molar-refractivity contribution is 5.76. The number of nitrogens with zero attached hydrogens (tertiary/aromatic N) is 3. The fraction of sp³-hybridized carbons (Fsp3) is 0.550. The Balaban J connectivity index is 1.47. The van der Waals surface area contributed by atoms with Gasteiger partial charge in [0.15, 0.2) is 5.66 Å². The van der Waals surface area contributed by atoms with Crippen LogP contribution in [0.25, 0.3) is 0 Å². The molecular formula is C20H24FN3O. The van der Waals surface area contributed by atoms with Gasteiger partial charge in [0.1, 0.15) is 5.82 Å². The quantitative estimate of drug-likeness (QED) is 0.715. The van der Waals surface area contributed by atoms with Crippen LogP contribution in [0.15, 0.2) is 28.4 Å². The number of carbonyl (C=O) groups excluding carboxylic acids is 1. The van der Waals surface area contributed by atoms with E-state index in [1.807, 2.05) is 17.9 Å². The summed E-state index contributed by atoms with van der Waals surface area (Å²) in [5.74, 6) is 2.99. The van der Waals surface area contributed by atoms with Gasteiger partial charge >= 0.3 is 0 Å². The minimum Gasteiger partial charge on any atom is -0.343 e. The normalized spacial score (nSPS) is 18.8. The molecule has 5 heteroatoms. The number of hydrogen-bond donors (Lipinski definition) is 0. The Morgan fingerprint density at radius 3 is 2.68 bits per heavy atom. The number of rotatable bonds is 6. The van der Waals surface area contributed by atoms with E-state index in [0.29, 0.717) is 25.2 Å². The molecule has 0 saturated carbocycles. The second kappa shape index (κ2) is 7.35. The van der Waals surface area contributed by atoms with E-state index in [4.69, 9.17) is 6.42 Å². The number of carbonyl (C=O) groups is 1. The van der Waals surface area contributed by atoms with Gasteiger partial charge in [-0.05, 0) is 48.9 Å². The fourth-order valence-corrected chi connectivity index (χ4v) is 3.67. The van der Waals surface area contributed by atoms with Crippen molar-refractivity contribution in [3.63, 3.8) is 0 Å². The monoisotopic (exact) mass is 341 g/mol. The van der Waals surface area contributed by atoms with Crippen molar-refractivity contribution in [2.75, 3.05) is 13.1 Å². The molecule has 0 unspecified atom stereocenters. The van der Waals surface area contributed by atoms with Crippen LogP contribution in [0.4, 0.5) is 4.39 Å². The van der Waals surface area contributed by atoms with E-state index in [2.05, 4.69) is 16.1 Å². The van der Waals surface area contributed by atoms with Crippen LogP contribution in [0, 0.1) is 25.1 Å². The molecule has 3 rings (SSSR count). The van der Waals surface area contributed by atoms with Gasteiger partial charge in [0, 0.05) is 38.8 Å². The molecule has 1 amide bonds. The molecular weight excluding hydrogens is 317 g/mol. The summed E-state index contributed by atoms with van der Waals surface area (Å²) >= 11 is 0. The van der Waals surface area contributed by atoms with Crippen molar-refractivity contribution in [1.82, 2.24) is 4.90 Å². The Morgan fingerprint density at radius 1 is 1.36 bits per heavy atom. The van der Waals surface area contributed by atoms with Crippen LogP contribution in [0.2, 0.25) is 0 Å². The highest BCUT2D eigenvalue weighted by atomic mass is 19.1. The molecule has 1 aromatic carbocycles. The first kappa shape index (κ1) is 17.6. The standard InChI is InChI=1S/C20H24FN3O/c1-3-4-10-20(22-23-20)11-7-19(25)24-12-8-16(9-13-24)18-6-5-17(21)14-15(18)2/h1,5-6,14,16H,4,7-13H2,2H3. The van der Waals surface area contributed by atoms with Crippen LogP contribution in [0.5, 0.6) is 0 Å². The number of amides is 1. The summed E-state index contributed by atoms with van der Waals surface area (Å²) in [6, 6.07) is 5.00. The number of likely N-dealkylation sites (tertiary alicyclic amines) is 1. The molecule has 132 valence electrons. The minimum atomic E-state index is -0.383. The highest BCUT2D eigenvalue weighted by Gasteiger charge is 2.39. The zero-order valence-electron chi connectivity index (χ0n) is 14.7. The molecule has 2 aliphatic heterocycles. The second-order valence-corrected chi connectivity index (χ2v) is 7.04. The maximum Gasteiger partial charge on any atom is 0.222 e. The molecule has 1 saturated heterocycles. The summed E-state index contributed by atoms with van der Waals surface area (Å²) in [6.45, 7) is 3.46. The molecule has 0 bridgehead atoms. The van der Waals surface area contributed by atoms with Crippen molar-refractivity contribution in [3.8, 4) is 12.3 Å². The Hall–Kier alpha value is -2.22. The van der Waals surface area contributed by atoms with Crippen molar-refractivity contribution in [1.29, 1.82) is 0 Å². The average Bonchev–Trinajstić information content (AvgIpc) is 3.38. The van der Waals surface area contributed by atoms with Crippen LogP contribution in [-0.4, -0.2) is 29.6 Å². The number of piperidine rings is 1. The zero-order valence-corrected chi connectivity index (χ0v) is 14.7. The first-order chi connectivity index (χ1) is 12.0. The third-order valence-corrected chi connectivity index (χ3v) is 5.31. The maximum absolute atomic E-state index is 13.3. The van der Waals surface area contributed by atoms with Gasteiger partial charge in [-0.3, -0.25) is 4.79 Å². The van der Waals surface area contributed by atoms with Gasteiger partial charge in [0.25, 0.3) is 0 Å². The maximum atomic E-state index is 13.3. The van der Waals surface area contributed by atoms with Crippen molar-refractivity contribution >= 4 is 5.91 Å². The molecule has 0 radical (unpaired) electrons. The summed E-state index contributed by atoms with van der Waals surface area (Å²) in [6.07, 6.45) is 9.65. The fourth-order valence-electron chi connectivity index (χ4n) is 3.67. The molecule has 25 heavy (non-hydrogen) atoms. The molecule has 0 aliphatic carbocycles. The number of terminal acetylenes is 1. The van der Waals surface area contributed by atoms with E-state index in [0.717, 1.165) is 37.9 Å². The van der Waals surface area contributed by atoms with Crippen molar-refractivity contribution < 1.29 is 9.18 Å². The first-order valence-electron chi connectivity index (χ1n) is 8.94. The van der Waals surface area contributed by atoms with Gasteiger partial charge in [-0.2, -0.15) is 10.2 Å². The molecule has 2 heterocycles. The average molecular weight is 341 g/mol. The Morgan fingerprint density at radius 2 is 2.08 bits per heavy atom. The molecule has 0 spiro atoms. The molecule has 4 nitrogen and oxygen atoms in total. The number of halogens is 1. The van der Waals surface area contributed by atoms with E-state index < -0.39 is 0 Å². The molecule has 1 aromatic rings. The van der Waals surface area contributed by atoms with Crippen LogP contribution in [-0.2, 0) is 4.79 Å². The predicted molar refractivity (Wildman–Crippen MR) is 94.6 cm³/mol. The molecule has 0 aromatic heterocycles. The topological polar surface area (TPSA) is 45.0 Å². The van der Waals surface area contributed by atoms with Crippen molar-refractivity contribution in [2.24, 2.45) is 10.2 Å². The lowest BCUT2D eigenvalue weighted by molar-refractivity contribution is -0.132. The van der Waals surface area contributed by atoms with E-state index in [1.54, 1.807) is 6.07 Å². The second-order valence-electron chi connectivity index (χ2n) is 7.04. The Bertz CT molecular complexity index is 708. The van der Waals surface area contributed by atoms with Gasteiger partial charge in [-0.15, -0.1) is 12.3 Å². The van der Waals surface area contributed by atoms with Crippen LogP contribution in [0.3, 0.4) is 0 Å². The lowest BCUT2D eigenvalue weighted by Crippen LogP contribution is -2.38. The van der Waals surface area contributed by atoms with E-state index in [1.165, 1.54) is 11.6 Å². The molecule has 0 atom stereocenters. The summed E-state index contributed by atoms with van der Waals surface area (Å²) < 4.78 is 13.3. The third kappa shape index (κ3) is 4.25. The SMILES string of the molecule is C#CCCC1(CCC(=O)N2CCC(c3ccc(F)cc3C)CC2)N=N1. The predicted octanol–water partition coefficient (Wildman–Crippen LogP) is 4.20.